The summed E-state index contributed by atoms with van der Waals surface area (Å²) in [5.41, 5.74) is 20.0. The first-order valence-corrected chi connectivity index (χ1v) is 28.6. The van der Waals surface area contributed by atoms with Crippen molar-refractivity contribution in [1.29, 1.82) is 0 Å². The summed E-state index contributed by atoms with van der Waals surface area (Å²) in [7, 11) is -2.84. The zero-order chi connectivity index (χ0) is 50.3. The minimum absolute atomic E-state index is 0.542. The maximum Gasteiger partial charge on any atom is 0.180 e. The van der Waals surface area contributed by atoms with Gasteiger partial charge in [0.1, 0.15) is 0 Å². The Labute approximate surface area is 446 Å². The molecule has 1 unspecified atom stereocenters. The Morgan fingerprint density at radius 2 is 0.579 bits per heavy atom. The Kier molecular flexibility index (Phi) is 10.1. The molecule has 1 atom stereocenters. The van der Waals surface area contributed by atoms with Crippen LogP contribution in [-0.4, -0.2) is 8.07 Å². The number of fused-ring (bicyclic) bond motifs is 9. The first-order valence-electron chi connectivity index (χ1n) is 26.6. The number of anilines is 3. The molecule has 76 heavy (non-hydrogen) atoms. The largest absolute Gasteiger partial charge is 0.310 e. The zero-order valence-electron chi connectivity index (χ0n) is 41.9. The predicted molar refractivity (Wildman–Crippen MR) is 318 cm³/mol. The highest BCUT2D eigenvalue weighted by molar-refractivity contribution is 7.22. The van der Waals surface area contributed by atoms with Crippen molar-refractivity contribution in [1.82, 2.24) is 0 Å². The van der Waals surface area contributed by atoms with Gasteiger partial charge in [0.2, 0.25) is 0 Å². The summed E-state index contributed by atoms with van der Waals surface area (Å²) >= 11 is 0. The van der Waals surface area contributed by atoms with E-state index in [0.29, 0.717) is 0 Å². The highest BCUT2D eigenvalue weighted by atomic mass is 28.3. The van der Waals surface area contributed by atoms with Gasteiger partial charge in [-0.3, -0.25) is 0 Å². The van der Waals surface area contributed by atoms with E-state index in [1.807, 2.05) is 0 Å². The lowest BCUT2D eigenvalue weighted by molar-refractivity contribution is 0.768. The van der Waals surface area contributed by atoms with Gasteiger partial charge in [-0.15, -0.1) is 0 Å². The summed E-state index contributed by atoms with van der Waals surface area (Å²) in [6, 6.07) is 117. The molecular weight excluding hydrogens is 931 g/mol. The molecule has 15 rings (SSSR count). The third kappa shape index (κ3) is 6.13. The van der Waals surface area contributed by atoms with Crippen LogP contribution in [0.2, 0.25) is 0 Å². The van der Waals surface area contributed by atoms with Crippen LogP contribution in [0.4, 0.5) is 17.1 Å². The molecule has 356 valence electrons. The van der Waals surface area contributed by atoms with Crippen molar-refractivity contribution in [2.75, 3.05) is 4.90 Å². The van der Waals surface area contributed by atoms with Crippen LogP contribution in [-0.2, 0) is 10.8 Å². The lowest BCUT2D eigenvalue weighted by Gasteiger charge is -2.37. The van der Waals surface area contributed by atoms with E-state index in [1.165, 1.54) is 98.6 Å². The van der Waals surface area contributed by atoms with Crippen molar-refractivity contribution in [3.8, 4) is 33.4 Å². The summed E-state index contributed by atoms with van der Waals surface area (Å²) in [6.07, 6.45) is 0. The normalized spacial score (nSPS) is 15.6. The van der Waals surface area contributed by atoms with Gasteiger partial charge in [0.05, 0.1) is 10.8 Å². The van der Waals surface area contributed by atoms with E-state index in [-0.39, 0.29) is 0 Å². The van der Waals surface area contributed by atoms with Gasteiger partial charge in [-0.05, 0) is 135 Å². The Balaban J connectivity index is 0.997. The van der Waals surface area contributed by atoms with Crippen LogP contribution in [0.5, 0.6) is 0 Å². The smallest absolute Gasteiger partial charge is 0.180 e. The molecule has 2 aliphatic carbocycles. The van der Waals surface area contributed by atoms with Gasteiger partial charge in [0, 0.05) is 17.1 Å². The molecule has 0 bridgehead atoms. The SMILES string of the molecule is c1ccc(N(c2ccc3c(c2)C(c2ccccc2)(c2ccccc2)c2ccccc2-3)c2ccc3c(c2)C(c2ccccc2)(c2ccc4c(c2)[Si](c2ccccc2)(c2ccccc2)c2ccccc2-4)c2ccccc2-3)cc1. The molecule has 0 N–H and O–H groups in total. The molecule has 2 heteroatoms. The van der Waals surface area contributed by atoms with Crippen molar-refractivity contribution < 1.29 is 0 Å². The van der Waals surface area contributed by atoms with Gasteiger partial charge in [-0.2, -0.15) is 0 Å². The van der Waals surface area contributed by atoms with E-state index >= 15 is 0 Å². The van der Waals surface area contributed by atoms with Crippen molar-refractivity contribution in [2.45, 2.75) is 10.8 Å². The second kappa shape index (κ2) is 17.4. The van der Waals surface area contributed by atoms with Crippen molar-refractivity contribution in [3.05, 3.63) is 354 Å². The quantitative estimate of drug-likeness (QED) is 0.130. The molecule has 3 aliphatic rings. The Hall–Kier alpha value is -9.34. The highest BCUT2D eigenvalue weighted by Gasteiger charge is 2.52. The molecule has 0 aromatic heterocycles. The maximum absolute atomic E-state index is 2.84. The van der Waals surface area contributed by atoms with Gasteiger partial charge in [-0.25, -0.2) is 0 Å². The van der Waals surface area contributed by atoms with Crippen molar-refractivity contribution in [2.24, 2.45) is 0 Å². The van der Waals surface area contributed by atoms with Crippen LogP contribution in [0.1, 0.15) is 44.5 Å². The molecular formula is C74H51NSi. The molecule has 0 saturated heterocycles. The molecule has 12 aromatic carbocycles. The van der Waals surface area contributed by atoms with Gasteiger partial charge in [0.15, 0.2) is 8.07 Å². The highest BCUT2D eigenvalue weighted by Crippen LogP contribution is 2.60. The number of rotatable bonds is 9. The van der Waals surface area contributed by atoms with Crippen LogP contribution in [0.25, 0.3) is 33.4 Å². The molecule has 0 fully saturated rings. The summed E-state index contributed by atoms with van der Waals surface area (Å²) in [6.45, 7) is 0. The summed E-state index contributed by atoms with van der Waals surface area (Å²) in [5, 5.41) is 5.67. The van der Waals surface area contributed by atoms with E-state index in [2.05, 4.69) is 314 Å². The van der Waals surface area contributed by atoms with Gasteiger partial charge in [-0.1, -0.05) is 273 Å². The molecule has 0 amide bonds. The summed E-state index contributed by atoms with van der Waals surface area (Å²) in [5.74, 6) is 0. The Morgan fingerprint density at radius 1 is 0.224 bits per heavy atom. The van der Waals surface area contributed by atoms with Crippen LogP contribution >= 0.6 is 0 Å². The first-order chi connectivity index (χ1) is 37.7. The molecule has 1 heterocycles. The second-order valence-corrected chi connectivity index (χ2v) is 24.3. The minimum Gasteiger partial charge on any atom is -0.310 e. The first kappa shape index (κ1) is 44.2. The Bertz CT molecular complexity index is 4080. The molecule has 0 spiro atoms. The summed E-state index contributed by atoms with van der Waals surface area (Å²) in [4.78, 5) is 2.49. The van der Waals surface area contributed by atoms with Crippen LogP contribution in [0.15, 0.2) is 309 Å². The fourth-order valence-corrected chi connectivity index (χ4v) is 19.4. The lowest BCUT2D eigenvalue weighted by atomic mass is 9.67. The van der Waals surface area contributed by atoms with E-state index in [1.54, 1.807) is 0 Å². The topological polar surface area (TPSA) is 3.24 Å². The maximum atomic E-state index is 2.65. The number of nitrogens with zero attached hydrogens (tertiary/aromatic N) is 1. The van der Waals surface area contributed by atoms with E-state index in [4.69, 9.17) is 0 Å². The molecule has 1 nitrogen and oxygen atoms in total. The minimum atomic E-state index is -2.84. The fourth-order valence-electron chi connectivity index (χ4n) is 14.2. The molecule has 0 radical (unpaired) electrons. The predicted octanol–water partition coefficient (Wildman–Crippen LogP) is 15.2. The Morgan fingerprint density at radius 3 is 1.07 bits per heavy atom. The number of para-hydroxylation sites is 1. The fraction of sp³-hybridized carbons (Fsp3) is 0.0270. The van der Waals surface area contributed by atoms with E-state index in [9.17, 15) is 0 Å². The van der Waals surface area contributed by atoms with Crippen LogP contribution in [0.3, 0.4) is 0 Å². The average Bonchev–Trinajstić information content (AvgIpc) is 4.30. The van der Waals surface area contributed by atoms with E-state index < -0.39 is 18.9 Å². The standard InChI is InChI=1S/C74H51NSi/c1-7-25-52(26-8-1)73(53-27-9-2-10-28-53)67-40-22-19-37-61(67)63-47-44-57(50-69(63)73)75(56-31-13-4-14-32-56)58-45-48-64-62-38-20-23-41-68(62)74(70(64)51-58,54-29-11-3-12-30-54)55-43-46-66-65-39-21-24-42-71(65)76(72(66)49-55,59-33-15-5-16-34-59)60-35-17-6-18-36-60/h1-51H. The van der Waals surface area contributed by atoms with Gasteiger partial charge >= 0.3 is 0 Å². The summed E-state index contributed by atoms with van der Waals surface area (Å²) < 4.78 is 0. The van der Waals surface area contributed by atoms with Crippen LogP contribution in [0, 0.1) is 0 Å². The zero-order valence-corrected chi connectivity index (χ0v) is 42.9. The average molecular weight is 982 g/mol. The number of hydrogen-bond acceptors (Lipinski definition) is 1. The second-order valence-electron chi connectivity index (χ2n) is 20.6. The molecule has 12 aromatic rings. The molecule has 1 aliphatic heterocycles. The number of benzene rings is 12. The van der Waals surface area contributed by atoms with Gasteiger partial charge in [0.25, 0.3) is 0 Å². The van der Waals surface area contributed by atoms with Crippen molar-refractivity contribution in [3.63, 3.8) is 0 Å². The third-order valence-electron chi connectivity index (χ3n) is 17.1. The van der Waals surface area contributed by atoms with Crippen LogP contribution < -0.4 is 25.6 Å². The lowest BCUT2D eigenvalue weighted by Crippen LogP contribution is -2.72. The van der Waals surface area contributed by atoms with Crippen molar-refractivity contribution >= 4 is 45.9 Å². The van der Waals surface area contributed by atoms with Gasteiger partial charge < -0.3 is 4.90 Å². The third-order valence-corrected chi connectivity index (χ3v) is 22.0. The number of hydrogen-bond donors (Lipinski definition) is 0. The molecule has 0 saturated carbocycles. The monoisotopic (exact) mass is 981 g/mol. The van der Waals surface area contributed by atoms with E-state index in [0.717, 1.165) is 17.1 Å².